The number of carbonyl (C=O) groups excluding carboxylic acids is 1. The molecule has 5 heteroatoms. The average Bonchev–Trinajstić information content (AvgIpc) is 2.97. The van der Waals surface area contributed by atoms with Crippen LogP contribution in [0.2, 0.25) is 0 Å². The van der Waals surface area contributed by atoms with E-state index in [4.69, 9.17) is 9.47 Å². The van der Waals surface area contributed by atoms with E-state index in [-0.39, 0.29) is 24.6 Å². The molecule has 0 saturated heterocycles. The topological polar surface area (TPSA) is 47.6 Å². The minimum absolute atomic E-state index is 0.171. The van der Waals surface area contributed by atoms with Crippen LogP contribution in [0.4, 0.5) is 4.39 Å². The summed E-state index contributed by atoms with van der Waals surface area (Å²) in [5, 5.41) is 2.86. The Morgan fingerprint density at radius 1 is 1.23 bits per heavy atom. The average molecular weight is 301 g/mol. The van der Waals surface area contributed by atoms with Gasteiger partial charge in [-0.15, -0.1) is 0 Å². The largest absolute Gasteiger partial charge is 0.454 e. The first kappa shape index (κ1) is 14.4. The fourth-order valence-corrected chi connectivity index (χ4v) is 2.39. The highest BCUT2D eigenvalue weighted by Crippen LogP contribution is 2.32. The molecule has 0 bridgehead atoms. The molecule has 1 N–H and O–H groups in total. The molecule has 0 aliphatic carbocycles. The molecule has 2 aromatic carbocycles. The number of fused-ring (bicyclic) bond motifs is 1. The minimum Gasteiger partial charge on any atom is -0.454 e. The van der Waals surface area contributed by atoms with Gasteiger partial charge in [-0.2, -0.15) is 0 Å². The Morgan fingerprint density at radius 2 is 2.00 bits per heavy atom. The van der Waals surface area contributed by atoms with E-state index in [1.165, 1.54) is 6.07 Å². The third-order valence-corrected chi connectivity index (χ3v) is 3.50. The van der Waals surface area contributed by atoms with Crippen LogP contribution in [0.15, 0.2) is 42.5 Å². The molecule has 0 unspecified atom stereocenters. The van der Waals surface area contributed by atoms with E-state index in [1.54, 1.807) is 36.4 Å². The summed E-state index contributed by atoms with van der Waals surface area (Å²) in [6, 6.07) is 11.4. The minimum atomic E-state index is -0.258. The van der Waals surface area contributed by atoms with E-state index < -0.39 is 0 Å². The molecule has 3 rings (SSSR count). The summed E-state index contributed by atoms with van der Waals surface area (Å²) < 4.78 is 24.1. The number of nitrogens with one attached hydrogen (secondary N) is 1. The number of hydrogen-bond donors (Lipinski definition) is 1. The van der Waals surface area contributed by atoms with Gasteiger partial charge in [0.15, 0.2) is 11.5 Å². The van der Waals surface area contributed by atoms with Gasteiger partial charge in [-0.3, -0.25) is 4.79 Å². The van der Waals surface area contributed by atoms with Crippen molar-refractivity contribution < 1.29 is 18.7 Å². The number of carbonyl (C=O) groups is 1. The zero-order valence-corrected chi connectivity index (χ0v) is 12.1. The maximum Gasteiger partial charge on any atom is 0.251 e. The first-order valence-electron chi connectivity index (χ1n) is 7.07. The monoisotopic (exact) mass is 301 g/mol. The van der Waals surface area contributed by atoms with Crippen LogP contribution in [-0.4, -0.2) is 18.7 Å². The van der Waals surface area contributed by atoms with Gasteiger partial charge in [0.05, 0.1) is 0 Å². The lowest BCUT2D eigenvalue weighted by atomic mass is 10.1. The molecule has 1 aliphatic rings. The molecule has 1 atom stereocenters. The number of benzene rings is 2. The fraction of sp³-hybridized carbons (Fsp3) is 0.235. The quantitative estimate of drug-likeness (QED) is 0.944. The van der Waals surface area contributed by atoms with Gasteiger partial charge in [-0.1, -0.05) is 18.2 Å². The maximum atomic E-state index is 13.6. The van der Waals surface area contributed by atoms with Crippen molar-refractivity contribution in [3.63, 3.8) is 0 Å². The smallest absolute Gasteiger partial charge is 0.251 e. The van der Waals surface area contributed by atoms with Gasteiger partial charge in [0, 0.05) is 11.6 Å². The SMILES string of the molecule is C[C@H](Cc1ccccc1F)NC(=O)c1ccc2c(c1)OCO2. The Morgan fingerprint density at radius 3 is 2.82 bits per heavy atom. The molecule has 0 aromatic heterocycles. The lowest BCUT2D eigenvalue weighted by molar-refractivity contribution is 0.0939. The van der Waals surface area contributed by atoms with Crippen molar-refractivity contribution in [1.29, 1.82) is 0 Å². The molecule has 22 heavy (non-hydrogen) atoms. The second kappa shape index (κ2) is 6.05. The molecule has 1 heterocycles. The highest BCUT2D eigenvalue weighted by molar-refractivity contribution is 5.95. The Balaban J connectivity index is 1.65. The van der Waals surface area contributed by atoms with Gasteiger partial charge < -0.3 is 14.8 Å². The van der Waals surface area contributed by atoms with Crippen molar-refractivity contribution >= 4 is 5.91 Å². The van der Waals surface area contributed by atoms with Gasteiger partial charge in [-0.05, 0) is 43.2 Å². The highest BCUT2D eigenvalue weighted by atomic mass is 19.1. The molecule has 0 spiro atoms. The van der Waals surface area contributed by atoms with Crippen LogP contribution in [0.5, 0.6) is 11.5 Å². The van der Waals surface area contributed by atoms with Crippen molar-refractivity contribution in [2.24, 2.45) is 0 Å². The third kappa shape index (κ3) is 3.03. The molecule has 4 nitrogen and oxygen atoms in total. The highest BCUT2D eigenvalue weighted by Gasteiger charge is 2.17. The second-order valence-corrected chi connectivity index (χ2v) is 5.24. The van der Waals surface area contributed by atoms with Gasteiger partial charge in [0.2, 0.25) is 6.79 Å². The van der Waals surface area contributed by atoms with E-state index >= 15 is 0 Å². The molecule has 1 aliphatic heterocycles. The summed E-state index contributed by atoms with van der Waals surface area (Å²) in [5.74, 6) is 0.721. The van der Waals surface area contributed by atoms with Crippen molar-refractivity contribution in [3.05, 3.63) is 59.4 Å². The Labute approximate surface area is 127 Å². The predicted octanol–water partition coefficient (Wildman–Crippen LogP) is 2.92. The van der Waals surface area contributed by atoms with E-state index in [1.807, 2.05) is 6.92 Å². The van der Waals surface area contributed by atoms with E-state index in [0.29, 0.717) is 29.0 Å². The summed E-state index contributed by atoms with van der Waals surface area (Å²) in [6.07, 6.45) is 0.433. The zero-order valence-electron chi connectivity index (χ0n) is 12.1. The molecule has 114 valence electrons. The molecular formula is C17H16FNO3. The van der Waals surface area contributed by atoms with Gasteiger partial charge in [0.1, 0.15) is 5.82 Å². The molecule has 0 saturated carbocycles. The zero-order chi connectivity index (χ0) is 15.5. The molecular weight excluding hydrogens is 285 g/mol. The van der Waals surface area contributed by atoms with Crippen molar-refractivity contribution in [2.45, 2.75) is 19.4 Å². The lowest BCUT2D eigenvalue weighted by Crippen LogP contribution is -2.34. The summed E-state index contributed by atoms with van der Waals surface area (Å²) in [5.41, 5.74) is 1.07. The Kier molecular flexibility index (Phi) is 3.96. The van der Waals surface area contributed by atoms with Crippen LogP contribution in [-0.2, 0) is 6.42 Å². The fourth-order valence-electron chi connectivity index (χ4n) is 2.39. The first-order valence-corrected chi connectivity index (χ1v) is 7.07. The lowest BCUT2D eigenvalue weighted by Gasteiger charge is -2.14. The first-order chi connectivity index (χ1) is 10.6. The van der Waals surface area contributed by atoms with Gasteiger partial charge in [0.25, 0.3) is 5.91 Å². The summed E-state index contributed by atoms with van der Waals surface area (Å²) in [7, 11) is 0. The molecule has 0 radical (unpaired) electrons. The van der Waals surface area contributed by atoms with E-state index in [2.05, 4.69) is 5.32 Å². The summed E-state index contributed by atoms with van der Waals surface area (Å²) in [6.45, 7) is 2.02. The van der Waals surface area contributed by atoms with Crippen LogP contribution in [0.3, 0.4) is 0 Å². The number of amides is 1. The number of ether oxygens (including phenoxy) is 2. The molecule has 1 amide bonds. The normalized spacial score (nSPS) is 13.7. The number of rotatable bonds is 4. The molecule has 2 aromatic rings. The van der Waals surface area contributed by atoms with Crippen LogP contribution < -0.4 is 14.8 Å². The summed E-state index contributed by atoms with van der Waals surface area (Å²) >= 11 is 0. The number of hydrogen-bond acceptors (Lipinski definition) is 3. The summed E-state index contributed by atoms with van der Waals surface area (Å²) in [4.78, 5) is 12.2. The third-order valence-electron chi connectivity index (χ3n) is 3.50. The Hall–Kier alpha value is -2.56. The van der Waals surface area contributed by atoms with Crippen molar-refractivity contribution in [1.82, 2.24) is 5.32 Å². The van der Waals surface area contributed by atoms with Crippen LogP contribution in [0.1, 0.15) is 22.8 Å². The standard InChI is InChI=1S/C17H16FNO3/c1-11(8-12-4-2-3-5-14(12)18)19-17(20)13-6-7-15-16(9-13)22-10-21-15/h2-7,9,11H,8,10H2,1H3,(H,19,20)/t11-/m1/s1. The molecule has 0 fully saturated rings. The van der Waals surface area contributed by atoms with E-state index in [0.717, 1.165) is 0 Å². The second-order valence-electron chi connectivity index (χ2n) is 5.24. The predicted molar refractivity (Wildman–Crippen MR) is 79.6 cm³/mol. The van der Waals surface area contributed by atoms with E-state index in [9.17, 15) is 9.18 Å². The van der Waals surface area contributed by atoms with Gasteiger partial charge >= 0.3 is 0 Å². The van der Waals surface area contributed by atoms with Crippen LogP contribution in [0, 0.1) is 5.82 Å². The Bertz CT molecular complexity index is 702. The van der Waals surface area contributed by atoms with Crippen molar-refractivity contribution in [3.8, 4) is 11.5 Å². The van der Waals surface area contributed by atoms with Gasteiger partial charge in [-0.25, -0.2) is 4.39 Å². The van der Waals surface area contributed by atoms with Crippen molar-refractivity contribution in [2.75, 3.05) is 6.79 Å². The maximum absolute atomic E-state index is 13.6. The van der Waals surface area contributed by atoms with Crippen LogP contribution >= 0.6 is 0 Å². The van der Waals surface area contributed by atoms with Crippen LogP contribution in [0.25, 0.3) is 0 Å². The number of halogens is 1.